The van der Waals surface area contributed by atoms with Gasteiger partial charge in [0.1, 0.15) is 11.5 Å². The lowest BCUT2D eigenvalue weighted by Gasteiger charge is -2.44. The smallest absolute Gasteiger partial charge is 0.119 e. The molecule has 2 aromatic rings. The highest BCUT2D eigenvalue weighted by Gasteiger charge is 2.28. The molecule has 0 spiro atoms. The van der Waals surface area contributed by atoms with Gasteiger partial charge in [-0.05, 0) is 61.3 Å². The van der Waals surface area contributed by atoms with Crippen molar-refractivity contribution in [1.82, 2.24) is 9.80 Å². The van der Waals surface area contributed by atoms with Gasteiger partial charge in [0, 0.05) is 51.0 Å². The summed E-state index contributed by atoms with van der Waals surface area (Å²) in [6.07, 6.45) is 2.60. The first kappa shape index (κ1) is 20.0. The van der Waals surface area contributed by atoms with Crippen LogP contribution in [0.25, 0.3) is 0 Å². The van der Waals surface area contributed by atoms with E-state index in [1.807, 2.05) is 6.07 Å². The van der Waals surface area contributed by atoms with E-state index < -0.39 is 0 Å². The summed E-state index contributed by atoms with van der Waals surface area (Å²) in [7, 11) is 3.46. The Hall–Kier alpha value is -2.24. The van der Waals surface area contributed by atoms with Gasteiger partial charge < -0.3 is 14.4 Å². The lowest BCUT2D eigenvalue weighted by atomic mass is 10.0. The van der Waals surface area contributed by atoms with Gasteiger partial charge in [0.15, 0.2) is 0 Å². The summed E-state index contributed by atoms with van der Waals surface area (Å²) in [5, 5.41) is 0. The van der Waals surface area contributed by atoms with E-state index >= 15 is 0 Å². The average Bonchev–Trinajstić information content (AvgIpc) is 2.79. The SMILES string of the molecule is COc1ccc(N2CCN(C3CCCN(Cc4cccc(OC)c4)C3)CC2)cc1. The number of likely N-dealkylation sites (tertiary alicyclic amines) is 1. The molecule has 0 aromatic heterocycles. The molecule has 2 saturated heterocycles. The molecule has 0 bridgehead atoms. The largest absolute Gasteiger partial charge is 0.497 e. The number of piperidine rings is 1. The second-order valence-electron chi connectivity index (χ2n) is 8.10. The summed E-state index contributed by atoms with van der Waals surface area (Å²) >= 11 is 0. The summed E-state index contributed by atoms with van der Waals surface area (Å²) in [5.74, 6) is 1.87. The number of rotatable bonds is 6. The fourth-order valence-corrected chi connectivity index (χ4v) is 4.64. The standard InChI is InChI=1S/C24H33N3O2/c1-28-23-10-8-21(9-11-23)26-13-15-27(16-14-26)22-6-4-12-25(19-22)18-20-5-3-7-24(17-20)29-2/h3,5,7-11,17,22H,4,6,12-16,18-19H2,1-2H3. The zero-order valence-electron chi connectivity index (χ0n) is 17.7. The van der Waals surface area contributed by atoms with Gasteiger partial charge in [-0.25, -0.2) is 0 Å². The van der Waals surface area contributed by atoms with Gasteiger partial charge in [-0.2, -0.15) is 0 Å². The second kappa shape index (κ2) is 9.51. The molecule has 2 aliphatic heterocycles. The van der Waals surface area contributed by atoms with Gasteiger partial charge in [-0.1, -0.05) is 12.1 Å². The Morgan fingerprint density at radius 2 is 1.62 bits per heavy atom. The highest BCUT2D eigenvalue weighted by atomic mass is 16.5. The third-order valence-corrected chi connectivity index (χ3v) is 6.29. The Balaban J connectivity index is 1.30. The molecule has 2 heterocycles. The molecule has 0 aliphatic carbocycles. The van der Waals surface area contributed by atoms with Gasteiger partial charge in [-0.15, -0.1) is 0 Å². The van der Waals surface area contributed by atoms with Gasteiger partial charge in [-0.3, -0.25) is 9.80 Å². The van der Waals surface area contributed by atoms with Crippen LogP contribution >= 0.6 is 0 Å². The van der Waals surface area contributed by atoms with Crippen molar-refractivity contribution < 1.29 is 9.47 Å². The first-order valence-corrected chi connectivity index (χ1v) is 10.7. The normalized spacial score (nSPS) is 21.2. The summed E-state index contributed by atoms with van der Waals surface area (Å²) in [6.45, 7) is 7.85. The van der Waals surface area contributed by atoms with Crippen LogP contribution in [0.5, 0.6) is 11.5 Å². The van der Waals surface area contributed by atoms with Crippen molar-refractivity contribution in [2.75, 3.05) is 58.4 Å². The third kappa shape index (κ3) is 5.03. The topological polar surface area (TPSA) is 28.2 Å². The minimum Gasteiger partial charge on any atom is -0.497 e. The van der Waals surface area contributed by atoms with E-state index in [1.165, 1.54) is 37.2 Å². The van der Waals surface area contributed by atoms with Crippen molar-refractivity contribution in [2.24, 2.45) is 0 Å². The fourth-order valence-electron chi connectivity index (χ4n) is 4.64. The Morgan fingerprint density at radius 3 is 2.34 bits per heavy atom. The quantitative estimate of drug-likeness (QED) is 0.747. The maximum Gasteiger partial charge on any atom is 0.119 e. The number of methoxy groups -OCH3 is 2. The van der Waals surface area contributed by atoms with Gasteiger partial charge in [0.25, 0.3) is 0 Å². The molecule has 5 heteroatoms. The summed E-state index contributed by atoms with van der Waals surface area (Å²) in [5.41, 5.74) is 2.64. The van der Waals surface area contributed by atoms with Crippen LogP contribution in [-0.2, 0) is 6.54 Å². The minimum atomic E-state index is 0.673. The molecule has 0 radical (unpaired) electrons. The fraction of sp³-hybridized carbons (Fsp3) is 0.500. The molecule has 2 aliphatic rings. The molecule has 156 valence electrons. The zero-order chi connectivity index (χ0) is 20.1. The molecule has 2 aromatic carbocycles. The molecular weight excluding hydrogens is 362 g/mol. The first-order chi connectivity index (χ1) is 14.2. The van der Waals surface area contributed by atoms with E-state index in [0.717, 1.165) is 44.2 Å². The molecule has 0 saturated carbocycles. The van der Waals surface area contributed by atoms with Crippen LogP contribution in [0, 0.1) is 0 Å². The molecule has 1 unspecified atom stereocenters. The van der Waals surface area contributed by atoms with Crippen LogP contribution in [0.1, 0.15) is 18.4 Å². The van der Waals surface area contributed by atoms with Crippen molar-refractivity contribution >= 4 is 5.69 Å². The van der Waals surface area contributed by atoms with Crippen molar-refractivity contribution in [3.63, 3.8) is 0 Å². The highest BCUT2D eigenvalue weighted by molar-refractivity contribution is 5.49. The van der Waals surface area contributed by atoms with Gasteiger partial charge >= 0.3 is 0 Å². The lowest BCUT2D eigenvalue weighted by Crippen LogP contribution is -2.55. The average molecular weight is 396 g/mol. The molecule has 4 rings (SSSR count). The number of ether oxygens (including phenoxy) is 2. The Bertz CT molecular complexity index is 772. The number of anilines is 1. The second-order valence-corrected chi connectivity index (χ2v) is 8.10. The predicted octanol–water partition coefficient (Wildman–Crippen LogP) is 3.49. The molecular formula is C24H33N3O2. The van der Waals surface area contributed by atoms with Crippen molar-refractivity contribution in [3.8, 4) is 11.5 Å². The minimum absolute atomic E-state index is 0.673. The van der Waals surface area contributed by atoms with Crippen LogP contribution in [0.4, 0.5) is 5.69 Å². The maximum absolute atomic E-state index is 5.38. The van der Waals surface area contributed by atoms with E-state index in [9.17, 15) is 0 Å². The van der Waals surface area contributed by atoms with E-state index in [1.54, 1.807) is 14.2 Å². The number of piperazine rings is 1. The van der Waals surface area contributed by atoms with E-state index in [0.29, 0.717) is 6.04 Å². The van der Waals surface area contributed by atoms with Crippen LogP contribution < -0.4 is 14.4 Å². The van der Waals surface area contributed by atoms with Crippen molar-refractivity contribution in [3.05, 3.63) is 54.1 Å². The van der Waals surface area contributed by atoms with Crippen LogP contribution in [0.15, 0.2) is 48.5 Å². The number of nitrogens with zero attached hydrogens (tertiary/aromatic N) is 3. The molecule has 1 atom stereocenters. The summed E-state index contributed by atoms with van der Waals surface area (Å²) in [6, 6.07) is 17.6. The van der Waals surface area contributed by atoms with E-state index in [-0.39, 0.29) is 0 Å². The molecule has 2 fully saturated rings. The molecule has 29 heavy (non-hydrogen) atoms. The van der Waals surface area contributed by atoms with E-state index in [4.69, 9.17) is 9.47 Å². The van der Waals surface area contributed by atoms with Gasteiger partial charge in [0.05, 0.1) is 14.2 Å². The molecule has 5 nitrogen and oxygen atoms in total. The summed E-state index contributed by atoms with van der Waals surface area (Å²) in [4.78, 5) is 7.81. The number of hydrogen-bond donors (Lipinski definition) is 0. The maximum atomic E-state index is 5.38. The Kier molecular flexibility index (Phi) is 6.57. The third-order valence-electron chi connectivity index (χ3n) is 6.29. The highest BCUT2D eigenvalue weighted by Crippen LogP contribution is 2.24. The molecule has 0 amide bonds. The monoisotopic (exact) mass is 395 g/mol. The molecule has 0 N–H and O–H groups in total. The summed E-state index contributed by atoms with van der Waals surface area (Å²) < 4.78 is 10.7. The first-order valence-electron chi connectivity index (χ1n) is 10.7. The van der Waals surface area contributed by atoms with Crippen LogP contribution in [-0.4, -0.2) is 69.3 Å². The van der Waals surface area contributed by atoms with Crippen LogP contribution in [0.3, 0.4) is 0 Å². The lowest BCUT2D eigenvalue weighted by molar-refractivity contribution is 0.0887. The van der Waals surface area contributed by atoms with Crippen molar-refractivity contribution in [2.45, 2.75) is 25.4 Å². The zero-order valence-corrected chi connectivity index (χ0v) is 17.7. The van der Waals surface area contributed by atoms with Crippen molar-refractivity contribution in [1.29, 1.82) is 0 Å². The van der Waals surface area contributed by atoms with Gasteiger partial charge in [0.2, 0.25) is 0 Å². The van der Waals surface area contributed by atoms with E-state index in [2.05, 4.69) is 57.2 Å². The Morgan fingerprint density at radius 1 is 0.862 bits per heavy atom. The van der Waals surface area contributed by atoms with Crippen LogP contribution in [0.2, 0.25) is 0 Å². The number of hydrogen-bond acceptors (Lipinski definition) is 5. The number of benzene rings is 2. The predicted molar refractivity (Wildman–Crippen MR) is 118 cm³/mol. The Labute approximate surface area is 174 Å².